The number of fused-ring (bicyclic) bond motifs is 8. The molecule has 5 rings (SSSR count). The third kappa shape index (κ3) is 12.8. The highest BCUT2D eigenvalue weighted by atomic mass is 28.3. The Morgan fingerprint density at radius 2 is 0.781 bits per heavy atom. The minimum atomic E-state index is -2.15. The van der Waals surface area contributed by atoms with Crippen molar-refractivity contribution in [3.8, 4) is 45.9 Å². The minimum absolute atomic E-state index is 0.217. The predicted octanol–water partition coefficient (Wildman–Crippen LogP) is 8.52. The Labute approximate surface area is 377 Å². The molecule has 3 aromatic heterocycles. The molecule has 0 atom stereocenters. The molecule has 3 aromatic rings. The molecule has 0 unspecified atom stereocenters. The average molecular weight is 927 g/mol. The Balaban J connectivity index is 2.32. The van der Waals surface area contributed by atoms with E-state index < -0.39 is 81.9 Å². The van der Waals surface area contributed by atoms with Gasteiger partial charge in [0.05, 0.1) is 92.8 Å². The molecule has 330 valence electrons. The van der Waals surface area contributed by atoms with Gasteiger partial charge in [-0.1, -0.05) is 102 Å². The smallest absolute Gasteiger partial charge is 0.307 e. The fraction of sp³-hybridized carbons (Fsp3) is 0.333. The van der Waals surface area contributed by atoms with Gasteiger partial charge in [-0.05, 0) is 46.6 Å². The third-order valence-electron chi connectivity index (χ3n) is 9.13. The molecule has 0 saturated carbocycles. The molecule has 64 heavy (non-hydrogen) atoms. The number of hydrogen-bond donors (Lipinski definition) is 6. The van der Waals surface area contributed by atoms with Gasteiger partial charge < -0.3 is 30.4 Å². The lowest BCUT2D eigenvalue weighted by Crippen LogP contribution is -2.16. The molecule has 12 nitrogen and oxygen atoms in total. The quantitative estimate of drug-likeness (QED) is 0.0938. The van der Waals surface area contributed by atoms with E-state index >= 15 is 0 Å². The Morgan fingerprint density at radius 3 is 1.17 bits per heavy atom. The summed E-state index contributed by atoms with van der Waals surface area (Å²) in [4.78, 5) is 67.5. The van der Waals surface area contributed by atoms with E-state index in [2.05, 4.69) is 134 Å². The first-order chi connectivity index (χ1) is 29.5. The van der Waals surface area contributed by atoms with E-state index in [0.717, 1.165) is 0 Å². The number of aromatic nitrogens is 4. The van der Waals surface area contributed by atoms with Crippen LogP contribution in [0.3, 0.4) is 0 Å². The first-order valence-corrected chi connectivity index (χ1v) is 34.7. The second-order valence-electron chi connectivity index (χ2n) is 20.0. The molecule has 0 spiro atoms. The molecule has 0 radical (unpaired) electrons. The standard InChI is InChI=1S/C48H54N4O8Si4/c1-61(2,3)17-13-33-37-21-30(26-42(55)56)46(49-37)35(15-19-63(7,8)9)39-23-32(28-44(59)60)48(51-39)36(16-20-64(10,11)12)40-24-31(27-43(57)58)47(52-40)34(14-18-62(4,5)6)38-22-29(25-41(53)54)45(33)50-38/h21-24,49-50H,25-28H2,1-12H3,(H,53,54)(H,55,56)(H,57,58)(H,59,60). The number of carboxylic acid groups (broad SMARTS) is 4. The molecule has 0 saturated heterocycles. The molecular weight excluding hydrogens is 873 g/mol. The van der Waals surface area contributed by atoms with Gasteiger partial charge in [-0.15, -0.1) is 22.2 Å². The van der Waals surface area contributed by atoms with Crippen LogP contribution in [0.5, 0.6) is 0 Å². The molecule has 16 heteroatoms. The highest BCUT2D eigenvalue weighted by molar-refractivity contribution is 6.85. The fourth-order valence-corrected chi connectivity index (χ4v) is 8.53. The molecule has 8 bridgehead atoms. The lowest BCUT2D eigenvalue weighted by molar-refractivity contribution is -0.137. The zero-order valence-electron chi connectivity index (χ0n) is 38.5. The maximum absolute atomic E-state index is 12.6. The van der Waals surface area contributed by atoms with Crippen LogP contribution in [0.25, 0.3) is 45.4 Å². The molecule has 0 aliphatic carbocycles. The SMILES string of the molecule is C[Si](C)(C)C#Cc1c2nc(c(C#C[Si](C)(C)C)c3cc(CC(=O)O)c([nH]3)c(C#C[Si](C)(C)C)c3cc(CC(=O)O)c([nH]3)c(C#C[Si](C)(C)C)c3nc1C(CC(=O)O)=C3)C(CC(=O)O)=C2. The highest BCUT2D eigenvalue weighted by Crippen LogP contribution is 2.36. The second-order valence-corrected chi connectivity index (χ2v) is 39.0. The van der Waals surface area contributed by atoms with E-state index in [1.54, 1.807) is 24.3 Å². The molecule has 2 aliphatic rings. The van der Waals surface area contributed by atoms with Crippen LogP contribution in [0.2, 0.25) is 78.6 Å². The Hall–Kier alpha value is -6.41. The summed E-state index contributed by atoms with van der Waals surface area (Å²) in [6.45, 7) is 24.7. The number of nitrogens with zero attached hydrogens (tertiary/aromatic N) is 2. The number of hydrogen-bond acceptors (Lipinski definition) is 6. The van der Waals surface area contributed by atoms with E-state index in [0.29, 0.717) is 61.0 Å². The average Bonchev–Trinajstić information content (AvgIpc) is 3.90. The maximum atomic E-state index is 12.6. The second kappa shape index (κ2) is 18.4. The zero-order valence-corrected chi connectivity index (χ0v) is 42.5. The van der Waals surface area contributed by atoms with Crippen molar-refractivity contribution in [2.75, 3.05) is 0 Å². The van der Waals surface area contributed by atoms with Crippen LogP contribution in [0.15, 0.2) is 12.1 Å². The van der Waals surface area contributed by atoms with Crippen molar-refractivity contribution in [1.82, 2.24) is 19.9 Å². The Morgan fingerprint density at radius 1 is 0.469 bits per heavy atom. The largest absolute Gasteiger partial charge is 0.481 e. The van der Waals surface area contributed by atoms with Gasteiger partial charge in [0.25, 0.3) is 0 Å². The molecule has 0 fully saturated rings. The first-order valence-electron chi connectivity index (χ1n) is 20.7. The van der Waals surface area contributed by atoms with Crippen molar-refractivity contribution >= 4 is 102 Å². The number of aliphatic carboxylic acids is 4. The number of carboxylic acids is 4. The summed E-state index contributed by atoms with van der Waals surface area (Å²) in [6, 6.07) is 3.36. The number of carbonyl (C=O) groups is 4. The molecule has 0 aromatic carbocycles. The van der Waals surface area contributed by atoms with Crippen molar-refractivity contribution in [2.45, 2.75) is 104 Å². The topological polar surface area (TPSA) is 207 Å². The van der Waals surface area contributed by atoms with Gasteiger partial charge in [0.1, 0.15) is 32.3 Å². The summed E-state index contributed by atoms with van der Waals surface area (Å²) in [5.41, 5.74) is 18.6. The van der Waals surface area contributed by atoms with E-state index in [1.165, 1.54) is 0 Å². The van der Waals surface area contributed by atoms with Gasteiger partial charge in [-0.2, -0.15) is 0 Å². The van der Waals surface area contributed by atoms with Gasteiger partial charge in [0, 0.05) is 0 Å². The Bertz CT molecular complexity index is 3030. The van der Waals surface area contributed by atoms with Crippen LogP contribution >= 0.6 is 0 Å². The van der Waals surface area contributed by atoms with Crippen molar-refractivity contribution in [1.29, 1.82) is 0 Å². The van der Waals surface area contributed by atoms with Gasteiger partial charge >= 0.3 is 23.9 Å². The van der Waals surface area contributed by atoms with Gasteiger partial charge in [0.15, 0.2) is 0 Å². The molecule has 2 aliphatic heterocycles. The monoisotopic (exact) mass is 926 g/mol. The summed E-state index contributed by atoms with van der Waals surface area (Å²) in [6.07, 6.45) is 1.50. The van der Waals surface area contributed by atoms with Crippen molar-refractivity contribution in [3.63, 3.8) is 0 Å². The van der Waals surface area contributed by atoms with Crippen LogP contribution in [-0.2, 0) is 32.0 Å². The van der Waals surface area contributed by atoms with E-state index in [1.807, 2.05) is 0 Å². The molecule has 5 heterocycles. The van der Waals surface area contributed by atoms with Gasteiger partial charge in [-0.3, -0.25) is 19.2 Å². The normalized spacial score (nSPS) is 12.5. The molecule has 6 N–H and O–H groups in total. The van der Waals surface area contributed by atoms with Crippen molar-refractivity contribution in [3.05, 3.63) is 68.3 Å². The highest BCUT2D eigenvalue weighted by Gasteiger charge is 2.27. The minimum Gasteiger partial charge on any atom is -0.481 e. The van der Waals surface area contributed by atoms with Crippen LogP contribution in [-0.4, -0.2) is 96.5 Å². The van der Waals surface area contributed by atoms with Crippen LogP contribution in [0.1, 0.15) is 69.0 Å². The van der Waals surface area contributed by atoms with E-state index in [-0.39, 0.29) is 28.3 Å². The number of aromatic amines is 2. The first kappa shape index (κ1) is 48.6. The maximum Gasteiger partial charge on any atom is 0.307 e. The lowest BCUT2D eigenvalue weighted by atomic mass is 10.0. The van der Waals surface area contributed by atoms with E-state index in [4.69, 9.17) is 9.97 Å². The summed E-state index contributed by atoms with van der Waals surface area (Å²) in [5.74, 6) is 8.81. The number of rotatable bonds is 8. The third-order valence-corrected chi connectivity index (χ3v) is 12.6. The van der Waals surface area contributed by atoms with E-state index in [9.17, 15) is 39.6 Å². The molecular formula is C48H54N4O8Si4. The van der Waals surface area contributed by atoms with Crippen molar-refractivity contribution < 1.29 is 39.6 Å². The van der Waals surface area contributed by atoms with Gasteiger partial charge in [0.2, 0.25) is 0 Å². The molecule has 0 amide bonds. The van der Waals surface area contributed by atoms with Crippen LogP contribution < -0.4 is 0 Å². The summed E-state index contributed by atoms with van der Waals surface area (Å²) in [7, 11) is -8.55. The lowest BCUT2D eigenvalue weighted by Gasteiger charge is -2.06. The number of H-pyrrole nitrogens is 2. The van der Waals surface area contributed by atoms with Gasteiger partial charge in [-0.25, -0.2) is 9.97 Å². The summed E-state index contributed by atoms with van der Waals surface area (Å²) in [5, 5.41) is 41.2. The Kier molecular flexibility index (Phi) is 13.9. The zero-order chi connectivity index (χ0) is 47.7. The number of nitrogens with one attached hydrogen (secondary N) is 2. The summed E-state index contributed by atoms with van der Waals surface area (Å²) >= 11 is 0. The predicted molar refractivity (Wildman–Crippen MR) is 265 cm³/mol. The van der Waals surface area contributed by atoms with Crippen LogP contribution in [0, 0.1) is 45.9 Å². The van der Waals surface area contributed by atoms with Crippen LogP contribution in [0.4, 0.5) is 0 Å². The fourth-order valence-electron chi connectivity index (χ4n) is 6.53. The summed E-state index contributed by atoms with van der Waals surface area (Å²) < 4.78 is 0. The van der Waals surface area contributed by atoms with Crippen molar-refractivity contribution in [2.24, 2.45) is 0 Å².